The fourth-order valence-corrected chi connectivity index (χ4v) is 1.93. The first-order chi connectivity index (χ1) is 10.6. The van der Waals surface area contributed by atoms with Crippen molar-refractivity contribution < 1.29 is 14.3 Å². The lowest BCUT2D eigenvalue weighted by Crippen LogP contribution is -2.32. The Morgan fingerprint density at radius 2 is 1.83 bits per heavy atom. The van der Waals surface area contributed by atoms with Gasteiger partial charge in [-0.15, -0.1) is 0 Å². The zero-order valence-electron chi connectivity index (χ0n) is 14.3. The first kappa shape index (κ1) is 19.3. The van der Waals surface area contributed by atoms with E-state index >= 15 is 0 Å². The average molecular weight is 341 g/mol. The van der Waals surface area contributed by atoms with Crippen LogP contribution in [0.5, 0.6) is 0 Å². The summed E-state index contributed by atoms with van der Waals surface area (Å²) in [5, 5.41) is 6.08. The number of hydrogen-bond acceptors (Lipinski definition) is 3. The van der Waals surface area contributed by atoms with Crippen LogP contribution in [-0.4, -0.2) is 17.6 Å². The largest absolute Gasteiger partial charge is 0.444 e. The van der Waals surface area contributed by atoms with Crippen LogP contribution in [0.1, 0.15) is 45.7 Å². The van der Waals surface area contributed by atoms with E-state index in [-0.39, 0.29) is 18.4 Å². The van der Waals surface area contributed by atoms with Crippen LogP contribution < -0.4 is 10.6 Å². The smallest absolute Gasteiger partial charge is 0.407 e. The van der Waals surface area contributed by atoms with Crippen molar-refractivity contribution in [1.29, 1.82) is 0 Å². The molecule has 0 heterocycles. The number of nitrogens with one attached hydrogen (secondary N) is 2. The van der Waals surface area contributed by atoms with E-state index in [4.69, 9.17) is 16.3 Å². The van der Waals surface area contributed by atoms with Crippen LogP contribution in [0.4, 0.5) is 4.79 Å². The molecule has 23 heavy (non-hydrogen) atoms. The van der Waals surface area contributed by atoms with Crippen LogP contribution in [0.2, 0.25) is 5.02 Å². The number of hydrogen-bond donors (Lipinski definition) is 2. The Balaban J connectivity index is 2.63. The highest BCUT2D eigenvalue weighted by Crippen LogP contribution is 2.18. The van der Waals surface area contributed by atoms with Crippen LogP contribution in [0.25, 0.3) is 0 Å². The van der Waals surface area contributed by atoms with Gasteiger partial charge >= 0.3 is 6.09 Å². The number of rotatable bonds is 5. The van der Waals surface area contributed by atoms with E-state index in [0.29, 0.717) is 11.6 Å². The maximum Gasteiger partial charge on any atom is 0.407 e. The second kappa shape index (κ2) is 8.20. The molecule has 1 aromatic rings. The Morgan fingerprint density at radius 3 is 2.39 bits per heavy atom. The number of alkyl carbamates (subject to hydrolysis) is 1. The molecule has 0 saturated heterocycles. The molecule has 2 N–H and O–H groups in total. The van der Waals surface area contributed by atoms with E-state index < -0.39 is 11.7 Å². The Morgan fingerprint density at radius 1 is 1.17 bits per heavy atom. The quantitative estimate of drug-likeness (QED) is 0.860. The van der Waals surface area contributed by atoms with Crippen molar-refractivity contribution in [2.75, 3.05) is 0 Å². The van der Waals surface area contributed by atoms with Crippen molar-refractivity contribution in [1.82, 2.24) is 10.6 Å². The molecule has 0 bridgehead atoms. The van der Waals surface area contributed by atoms with Crippen molar-refractivity contribution >= 4 is 23.6 Å². The molecule has 0 unspecified atom stereocenters. The Hall–Kier alpha value is -1.75. The second-order valence-corrected chi connectivity index (χ2v) is 7.06. The third-order valence-electron chi connectivity index (χ3n) is 2.92. The van der Waals surface area contributed by atoms with Crippen molar-refractivity contribution in [3.63, 3.8) is 0 Å². The number of benzene rings is 1. The van der Waals surface area contributed by atoms with Crippen molar-refractivity contribution in [3.05, 3.63) is 34.3 Å². The van der Waals surface area contributed by atoms with Crippen LogP contribution in [0.3, 0.4) is 0 Å². The summed E-state index contributed by atoms with van der Waals surface area (Å²) in [5.74, 6) is -0.0658. The molecule has 5 nitrogen and oxygen atoms in total. The molecule has 1 aromatic carbocycles. The lowest BCUT2D eigenvalue weighted by Gasteiger charge is -2.20. The first-order valence-corrected chi connectivity index (χ1v) is 7.98. The van der Waals surface area contributed by atoms with Gasteiger partial charge in [-0.1, -0.05) is 37.6 Å². The minimum absolute atomic E-state index is 0.00613. The normalized spacial score (nSPS) is 11.3. The summed E-state index contributed by atoms with van der Waals surface area (Å²) in [6.07, 6.45) is -0.493. The summed E-state index contributed by atoms with van der Waals surface area (Å²) < 4.78 is 5.18. The molecule has 0 aromatic heterocycles. The summed E-state index contributed by atoms with van der Waals surface area (Å²) in [6.45, 7) is 9.78. The van der Waals surface area contributed by atoms with Crippen LogP contribution >= 0.6 is 11.6 Å². The summed E-state index contributed by atoms with van der Waals surface area (Å²) in [7, 11) is 0. The highest BCUT2D eigenvalue weighted by atomic mass is 35.5. The number of halogens is 1. The van der Waals surface area contributed by atoms with Crippen molar-refractivity contribution in [2.45, 2.75) is 53.3 Å². The minimum atomic E-state index is -0.545. The Kier molecular flexibility index (Phi) is 6.88. The van der Waals surface area contributed by atoms with Crippen molar-refractivity contribution in [2.24, 2.45) is 5.92 Å². The molecule has 0 aliphatic heterocycles. The maximum absolute atomic E-state index is 11.7. The third-order valence-corrected chi connectivity index (χ3v) is 3.29. The second-order valence-electron chi connectivity index (χ2n) is 6.65. The zero-order chi connectivity index (χ0) is 17.6. The molecular weight excluding hydrogens is 316 g/mol. The molecule has 0 aliphatic carbocycles. The topological polar surface area (TPSA) is 67.4 Å². The zero-order valence-corrected chi connectivity index (χ0v) is 15.1. The number of carbonyl (C=O) groups is 2. The molecule has 0 fully saturated rings. The lowest BCUT2D eigenvalue weighted by atomic mass is 10.1. The predicted molar refractivity (Wildman–Crippen MR) is 91.2 cm³/mol. The van der Waals surface area contributed by atoms with Crippen LogP contribution in [0.15, 0.2) is 18.2 Å². The van der Waals surface area contributed by atoms with Gasteiger partial charge in [-0.05, 0) is 38.0 Å². The summed E-state index contributed by atoms with van der Waals surface area (Å²) in [6, 6.07) is 5.46. The standard InChI is InChI=1S/C17H25ClN2O3/c1-11(2)15(21)19-9-12-6-7-14(18)13(8-12)10-20-16(22)23-17(3,4)5/h6-8,11H,9-10H2,1-5H3,(H,19,21)(H,20,22). The number of ether oxygens (including phenoxy) is 1. The van der Waals surface area contributed by atoms with E-state index in [1.54, 1.807) is 26.8 Å². The monoisotopic (exact) mass is 340 g/mol. The van der Waals surface area contributed by atoms with E-state index in [0.717, 1.165) is 11.1 Å². The molecule has 0 atom stereocenters. The van der Waals surface area contributed by atoms with Gasteiger partial charge in [0, 0.05) is 24.0 Å². The molecule has 0 spiro atoms. The van der Waals surface area contributed by atoms with Gasteiger partial charge in [0.25, 0.3) is 0 Å². The summed E-state index contributed by atoms with van der Waals surface area (Å²) >= 11 is 6.15. The van der Waals surface area contributed by atoms with Gasteiger partial charge in [-0.25, -0.2) is 4.79 Å². The average Bonchev–Trinajstić information content (AvgIpc) is 2.42. The predicted octanol–water partition coefficient (Wildman–Crippen LogP) is 3.64. The maximum atomic E-state index is 11.7. The summed E-state index contributed by atoms with van der Waals surface area (Å²) in [4.78, 5) is 23.3. The summed E-state index contributed by atoms with van der Waals surface area (Å²) in [5.41, 5.74) is 1.15. The molecule has 2 amide bonds. The lowest BCUT2D eigenvalue weighted by molar-refractivity contribution is -0.124. The minimum Gasteiger partial charge on any atom is -0.444 e. The molecule has 0 radical (unpaired) electrons. The SMILES string of the molecule is CC(C)C(=O)NCc1ccc(Cl)c(CNC(=O)OC(C)(C)C)c1. The number of amides is 2. The Bertz CT molecular complexity index is 565. The fourth-order valence-electron chi connectivity index (χ4n) is 1.75. The van der Waals surface area contributed by atoms with Gasteiger partial charge in [0.1, 0.15) is 5.60 Å². The highest BCUT2D eigenvalue weighted by molar-refractivity contribution is 6.31. The van der Waals surface area contributed by atoms with Gasteiger partial charge in [0.2, 0.25) is 5.91 Å². The number of carbonyl (C=O) groups excluding carboxylic acids is 2. The van der Waals surface area contributed by atoms with Crippen molar-refractivity contribution in [3.8, 4) is 0 Å². The van der Waals surface area contributed by atoms with Crippen LogP contribution in [-0.2, 0) is 22.6 Å². The molecular formula is C17H25ClN2O3. The molecule has 128 valence electrons. The van der Waals surface area contributed by atoms with Gasteiger partial charge in [-0.2, -0.15) is 0 Å². The molecule has 0 saturated carbocycles. The highest BCUT2D eigenvalue weighted by Gasteiger charge is 2.16. The van der Waals surface area contributed by atoms with E-state index in [9.17, 15) is 9.59 Å². The fraction of sp³-hybridized carbons (Fsp3) is 0.529. The molecule has 1 rings (SSSR count). The first-order valence-electron chi connectivity index (χ1n) is 7.60. The van der Waals surface area contributed by atoms with E-state index in [1.807, 2.05) is 26.0 Å². The van der Waals surface area contributed by atoms with Gasteiger partial charge in [0.15, 0.2) is 0 Å². The van der Waals surface area contributed by atoms with Crippen LogP contribution in [0, 0.1) is 5.92 Å². The van der Waals surface area contributed by atoms with Gasteiger partial charge in [-0.3, -0.25) is 4.79 Å². The third kappa shape index (κ3) is 7.37. The molecule has 6 heteroatoms. The van der Waals surface area contributed by atoms with E-state index in [2.05, 4.69) is 10.6 Å². The van der Waals surface area contributed by atoms with Gasteiger partial charge in [0.05, 0.1) is 0 Å². The van der Waals surface area contributed by atoms with E-state index in [1.165, 1.54) is 0 Å². The van der Waals surface area contributed by atoms with Gasteiger partial charge < -0.3 is 15.4 Å². The Labute approximate surface area is 142 Å². The molecule has 0 aliphatic rings.